The van der Waals surface area contributed by atoms with Crippen LogP contribution in [0.2, 0.25) is 5.02 Å². The van der Waals surface area contributed by atoms with Crippen molar-refractivity contribution in [2.24, 2.45) is 0 Å². The first-order valence-electron chi connectivity index (χ1n) is 5.58. The van der Waals surface area contributed by atoms with Crippen LogP contribution in [0.4, 0.5) is 5.69 Å². The number of amides is 1. The molecule has 0 spiro atoms. The van der Waals surface area contributed by atoms with Gasteiger partial charge in [0.05, 0.1) is 18.3 Å². The van der Waals surface area contributed by atoms with Gasteiger partial charge in [0, 0.05) is 16.0 Å². The lowest BCUT2D eigenvalue weighted by atomic mass is 10.2. The molecule has 0 radical (unpaired) electrons. The number of hydrogen-bond acceptors (Lipinski definition) is 4. The van der Waals surface area contributed by atoms with Crippen molar-refractivity contribution >= 4 is 34.5 Å². The molecule has 1 N–H and O–H groups in total. The average Bonchev–Trinajstić information content (AvgIpc) is 2.79. The quantitative estimate of drug-likeness (QED) is 0.940. The Morgan fingerprint density at radius 1 is 1.42 bits per heavy atom. The summed E-state index contributed by atoms with van der Waals surface area (Å²) in [6.07, 6.45) is 0. The minimum atomic E-state index is -0.251. The number of carbonyl (C=O) groups is 1. The summed E-state index contributed by atoms with van der Waals surface area (Å²) in [5.41, 5.74) is 3.53. The fourth-order valence-electron chi connectivity index (χ4n) is 1.63. The molecule has 6 heteroatoms. The van der Waals surface area contributed by atoms with Gasteiger partial charge in [-0.15, -0.1) is 11.3 Å². The van der Waals surface area contributed by atoms with Gasteiger partial charge in [-0.25, -0.2) is 4.98 Å². The molecular weight excluding hydrogens is 284 g/mol. The number of rotatable bonds is 3. The van der Waals surface area contributed by atoms with E-state index in [1.807, 2.05) is 13.8 Å². The van der Waals surface area contributed by atoms with Gasteiger partial charge in [0.25, 0.3) is 5.91 Å². The molecular formula is C13H13ClN2O2S. The standard InChI is InChI=1S/C13H13ClN2O2S/c1-7-4-10(11(18-3)5-9(7)14)16-13(17)12-8(2)19-6-15-12/h4-6H,1-3H3,(H,16,17). The second kappa shape index (κ2) is 5.59. The molecule has 1 aromatic heterocycles. The van der Waals surface area contributed by atoms with E-state index < -0.39 is 0 Å². The molecule has 1 amide bonds. The van der Waals surface area contributed by atoms with E-state index in [1.54, 1.807) is 17.6 Å². The number of nitrogens with one attached hydrogen (secondary N) is 1. The highest BCUT2D eigenvalue weighted by atomic mass is 35.5. The van der Waals surface area contributed by atoms with E-state index in [0.717, 1.165) is 10.4 Å². The number of ether oxygens (including phenoxy) is 1. The van der Waals surface area contributed by atoms with Crippen LogP contribution in [0.5, 0.6) is 5.75 Å². The highest BCUT2D eigenvalue weighted by molar-refractivity contribution is 7.09. The number of aromatic nitrogens is 1. The molecule has 1 heterocycles. The maximum Gasteiger partial charge on any atom is 0.275 e. The van der Waals surface area contributed by atoms with Crippen LogP contribution in [0.3, 0.4) is 0 Å². The smallest absolute Gasteiger partial charge is 0.275 e. The Labute approximate surface area is 120 Å². The van der Waals surface area contributed by atoms with Gasteiger partial charge >= 0.3 is 0 Å². The molecule has 0 fully saturated rings. The summed E-state index contributed by atoms with van der Waals surface area (Å²) < 4.78 is 5.21. The Morgan fingerprint density at radius 3 is 2.74 bits per heavy atom. The van der Waals surface area contributed by atoms with E-state index in [4.69, 9.17) is 16.3 Å². The number of methoxy groups -OCH3 is 1. The lowest BCUT2D eigenvalue weighted by Crippen LogP contribution is -2.14. The van der Waals surface area contributed by atoms with Crippen LogP contribution in [0.15, 0.2) is 17.6 Å². The van der Waals surface area contributed by atoms with Crippen LogP contribution in [0.25, 0.3) is 0 Å². The molecule has 0 saturated heterocycles. The van der Waals surface area contributed by atoms with E-state index in [-0.39, 0.29) is 5.91 Å². The number of carbonyl (C=O) groups excluding carboxylic acids is 1. The number of anilines is 1. The average molecular weight is 297 g/mol. The van der Waals surface area contributed by atoms with Crippen molar-refractivity contribution in [1.82, 2.24) is 4.98 Å². The number of aryl methyl sites for hydroxylation is 2. The zero-order valence-electron chi connectivity index (χ0n) is 10.8. The van der Waals surface area contributed by atoms with Crippen LogP contribution < -0.4 is 10.1 Å². The molecule has 0 aliphatic heterocycles. The van der Waals surface area contributed by atoms with Crippen molar-refractivity contribution in [3.05, 3.63) is 38.8 Å². The largest absolute Gasteiger partial charge is 0.495 e. The fraction of sp³-hybridized carbons (Fsp3) is 0.231. The van der Waals surface area contributed by atoms with E-state index in [9.17, 15) is 4.79 Å². The Bertz CT molecular complexity index is 625. The lowest BCUT2D eigenvalue weighted by Gasteiger charge is -2.11. The van der Waals surface area contributed by atoms with E-state index >= 15 is 0 Å². The van der Waals surface area contributed by atoms with Crippen LogP contribution in [-0.2, 0) is 0 Å². The minimum Gasteiger partial charge on any atom is -0.495 e. The molecule has 1 aromatic carbocycles. The predicted molar refractivity (Wildman–Crippen MR) is 77.5 cm³/mol. The molecule has 0 atom stereocenters. The minimum absolute atomic E-state index is 0.251. The predicted octanol–water partition coefficient (Wildman–Crippen LogP) is 3.67. The number of nitrogens with zero attached hydrogens (tertiary/aromatic N) is 1. The summed E-state index contributed by atoms with van der Waals surface area (Å²) in [6.45, 7) is 3.72. The van der Waals surface area contributed by atoms with Crippen LogP contribution >= 0.6 is 22.9 Å². The maximum atomic E-state index is 12.1. The Hall–Kier alpha value is -1.59. The first-order valence-corrected chi connectivity index (χ1v) is 6.84. The Kier molecular flexibility index (Phi) is 4.07. The topological polar surface area (TPSA) is 51.2 Å². The molecule has 4 nitrogen and oxygen atoms in total. The van der Waals surface area contributed by atoms with E-state index in [1.165, 1.54) is 18.4 Å². The second-order valence-corrected chi connectivity index (χ2v) is 5.48. The second-order valence-electron chi connectivity index (χ2n) is 4.01. The lowest BCUT2D eigenvalue weighted by molar-refractivity contribution is 0.102. The van der Waals surface area contributed by atoms with Crippen molar-refractivity contribution in [2.45, 2.75) is 13.8 Å². The van der Waals surface area contributed by atoms with Gasteiger partial charge in [0.1, 0.15) is 11.4 Å². The van der Waals surface area contributed by atoms with Gasteiger partial charge < -0.3 is 10.1 Å². The highest BCUT2D eigenvalue weighted by Gasteiger charge is 2.15. The summed E-state index contributed by atoms with van der Waals surface area (Å²) >= 11 is 7.46. The fourth-order valence-corrected chi connectivity index (χ4v) is 2.36. The molecule has 0 aliphatic carbocycles. The Morgan fingerprint density at radius 2 is 2.16 bits per heavy atom. The van der Waals surface area contributed by atoms with E-state index in [0.29, 0.717) is 22.2 Å². The summed E-state index contributed by atoms with van der Waals surface area (Å²) in [5, 5.41) is 3.39. The third-order valence-electron chi connectivity index (χ3n) is 2.69. The number of thiazole rings is 1. The van der Waals surface area contributed by atoms with Crippen molar-refractivity contribution in [1.29, 1.82) is 0 Å². The number of hydrogen-bond donors (Lipinski definition) is 1. The van der Waals surface area contributed by atoms with Crippen molar-refractivity contribution in [2.75, 3.05) is 12.4 Å². The van der Waals surface area contributed by atoms with Crippen LogP contribution in [-0.4, -0.2) is 18.0 Å². The van der Waals surface area contributed by atoms with Crippen molar-refractivity contribution < 1.29 is 9.53 Å². The normalized spacial score (nSPS) is 10.3. The van der Waals surface area contributed by atoms with E-state index in [2.05, 4.69) is 10.3 Å². The van der Waals surface area contributed by atoms with Gasteiger partial charge in [-0.3, -0.25) is 4.79 Å². The molecule has 2 rings (SSSR count). The Balaban J connectivity index is 2.31. The molecule has 2 aromatic rings. The SMILES string of the molecule is COc1cc(Cl)c(C)cc1NC(=O)c1ncsc1C. The third kappa shape index (κ3) is 2.88. The van der Waals surface area contributed by atoms with Gasteiger partial charge in [-0.2, -0.15) is 0 Å². The summed E-state index contributed by atoms with van der Waals surface area (Å²) in [7, 11) is 1.53. The number of benzene rings is 1. The van der Waals surface area contributed by atoms with Crippen LogP contribution in [0.1, 0.15) is 20.9 Å². The summed E-state index contributed by atoms with van der Waals surface area (Å²) in [5.74, 6) is 0.274. The highest BCUT2D eigenvalue weighted by Crippen LogP contribution is 2.31. The molecule has 0 saturated carbocycles. The van der Waals surface area contributed by atoms with Crippen LogP contribution in [0, 0.1) is 13.8 Å². The molecule has 100 valence electrons. The third-order valence-corrected chi connectivity index (χ3v) is 3.85. The summed E-state index contributed by atoms with van der Waals surface area (Å²) in [6, 6.07) is 3.46. The molecule has 19 heavy (non-hydrogen) atoms. The van der Waals surface area contributed by atoms with Crippen molar-refractivity contribution in [3.63, 3.8) is 0 Å². The zero-order chi connectivity index (χ0) is 14.0. The van der Waals surface area contributed by atoms with Gasteiger partial charge in [0.2, 0.25) is 0 Å². The molecule has 0 unspecified atom stereocenters. The van der Waals surface area contributed by atoms with Crippen molar-refractivity contribution in [3.8, 4) is 5.75 Å². The monoisotopic (exact) mass is 296 g/mol. The number of halogens is 1. The summed E-state index contributed by atoms with van der Waals surface area (Å²) in [4.78, 5) is 17.0. The first kappa shape index (κ1) is 13.8. The van der Waals surface area contributed by atoms with Gasteiger partial charge in [-0.05, 0) is 25.5 Å². The maximum absolute atomic E-state index is 12.1. The van der Waals surface area contributed by atoms with Gasteiger partial charge in [0.15, 0.2) is 0 Å². The first-order chi connectivity index (χ1) is 9.02. The molecule has 0 bridgehead atoms. The van der Waals surface area contributed by atoms with Gasteiger partial charge in [-0.1, -0.05) is 11.6 Å². The molecule has 0 aliphatic rings. The zero-order valence-corrected chi connectivity index (χ0v) is 12.4.